The molecule has 0 aromatic carbocycles. The van der Waals surface area contributed by atoms with Gasteiger partial charge < -0.3 is 4.90 Å². The molecule has 1 saturated carbocycles. The molecular formula is C11H15N3O. The van der Waals surface area contributed by atoms with Crippen LogP contribution in [0.3, 0.4) is 0 Å². The molecule has 0 spiro atoms. The van der Waals surface area contributed by atoms with Gasteiger partial charge in [-0.3, -0.25) is 9.48 Å². The Labute approximate surface area is 88.9 Å². The van der Waals surface area contributed by atoms with Crippen LogP contribution in [-0.4, -0.2) is 34.6 Å². The fourth-order valence-corrected chi connectivity index (χ4v) is 2.32. The molecule has 2 heterocycles. The van der Waals surface area contributed by atoms with Crippen LogP contribution in [0.15, 0.2) is 0 Å². The third kappa shape index (κ3) is 1.40. The van der Waals surface area contributed by atoms with Crippen molar-refractivity contribution in [1.82, 2.24) is 14.7 Å². The van der Waals surface area contributed by atoms with E-state index in [2.05, 4.69) is 21.7 Å². The van der Waals surface area contributed by atoms with Gasteiger partial charge in [-0.25, -0.2) is 0 Å². The third-order valence-electron chi connectivity index (χ3n) is 3.32. The smallest absolute Gasteiger partial charge is 0.170 e. The molecule has 80 valence electrons. The van der Waals surface area contributed by atoms with Crippen LogP contribution in [0.4, 0.5) is 0 Å². The standard InChI is InChI=1S/C11H15N3O/c1-13-5-4-9-10(7-15)12-14(8-2-3-8)11(9)6-13/h7-8H,2-6H2,1H3. The van der Waals surface area contributed by atoms with Gasteiger partial charge in [0.15, 0.2) is 6.29 Å². The number of fused-ring (bicyclic) bond motifs is 1. The normalized spacial score (nSPS) is 21.4. The lowest BCUT2D eigenvalue weighted by molar-refractivity contribution is 0.111. The molecule has 2 aliphatic rings. The number of nitrogens with zero attached hydrogens (tertiary/aromatic N) is 3. The number of likely N-dealkylation sites (N-methyl/N-ethyl adjacent to an activating group) is 1. The van der Waals surface area contributed by atoms with Crippen molar-refractivity contribution in [3.8, 4) is 0 Å². The maximum absolute atomic E-state index is 10.9. The predicted molar refractivity (Wildman–Crippen MR) is 55.9 cm³/mol. The minimum Gasteiger partial charge on any atom is -0.300 e. The Morgan fingerprint density at radius 3 is 2.93 bits per heavy atom. The molecule has 1 aliphatic heterocycles. The Balaban J connectivity index is 2.08. The highest BCUT2D eigenvalue weighted by Crippen LogP contribution is 2.37. The lowest BCUT2D eigenvalue weighted by Gasteiger charge is -2.23. The van der Waals surface area contributed by atoms with Gasteiger partial charge in [0.05, 0.1) is 11.7 Å². The molecule has 15 heavy (non-hydrogen) atoms. The summed E-state index contributed by atoms with van der Waals surface area (Å²) < 4.78 is 2.09. The summed E-state index contributed by atoms with van der Waals surface area (Å²) in [4.78, 5) is 13.2. The van der Waals surface area contributed by atoms with Crippen LogP contribution in [0.1, 0.15) is 40.6 Å². The summed E-state index contributed by atoms with van der Waals surface area (Å²) >= 11 is 0. The second-order valence-electron chi connectivity index (χ2n) is 4.59. The number of carbonyl (C=O) groups is 1. The zero-order chi connectivity index (χ0) is 10.4. The quantitative estimate of drug-likeness (QED) is 0.676. The van der Waals surface area contributed by atoms with Crippen LogP contribution in [0.25, 0.3) is 0 Å². The van der Waals surface area contributed by atoms with Crippen LogP contribution in [0.5, 0.6) is 0 Å². The second kappa shape index (κ2) is 3.17. The van der Waals surface area contributed by atoms with Gasteiger partial charge in [0, 0.05) is 18.7 Å². The minimum atomic E-state index is 0.568. The van der Waals surface area contributed by atoms with Crippen molar-refractivity contribution in [2.45, 2.75) is 31.8 Å². The SMILES string of the molecule is CN1CCc2c(C=O)nn(C3CC3)c2C1. The first-order valence-corrected chi connectivity index (χ1v) is 5.53. The van der Waals surface area contributed by atoms with E-state index in [1.807, 2.05) is 0 Å². The molecule has 0 radical (unpaired) electrons. The number of hydrogen-bond donors (Lipinski definition) is 0. The Morgan fingerprint density at radius 2 is 2.27 bits per heavy atom. The van der Waals surface area contributed by atoms with E-state index in [-0.39, 0.29) is 0 Å². The van der Waals surface area contributed by atoms with E-state index in [0.29, 0.717) is 11.7 Å². The molecule has 0 atom stereocenters. The van der Waals surface area contributed by atoms with Crippen LogP contribution in [0.2, 0.25) is 0 Å². The average Bonchev–Trinajstić information content (AvgIpc) is 3.00. The lowest BCUT2D eigenvalue weighted by Crippen LogP contribution is -2.28. The van der Waals surface area contributed by atoms with Gasteiger partial charge in [-0.15, -0.1) is 0 Å². The summed E-state index contributed by atoms with van der Waals surface area (Å²) in [6.45, 7) is 1.97. The van der Waals surface area contributed by atoms with Gasteiger partial charge in [0.1, 0.15) is 5.69 Å². The highest BCUT2D eigenvalue weighted by atomic mass is 16.1. The van der Waals surface area contributed by atoms with E-state index in [1.165, 1.54) is 24.1 Å². The monoisotopic (exact) mass is 205 g/mol. The summed E-state index contributed by atoms with van der Waals surface area (Å²) in [5.74, 6) is 0. The summed E-state index contributed by atoms with van der Waals surface area (Å²) in [7, 11) is 2.12. The Kier molecular flexibility index (Phi) is 1.92. The molecule has 4 nitrogen and oxygen atoms in total. The molecule has 1 aliphatic carbocycles. The fraction of sp³-hybridized carbons (Fsp3) is 0.636. The van der Waals surface area contributed by atoms with Crippen molar-refractivity contribution >= 4 is 6.29 Å². The maximum atomic E-state index is 10.9. The second-order valence-corrected chi connectivity index (χ2v) is 4.59. The first-order valence-electron chi connectivity index (χ1n) is 5.53. The third-order valence-corrected chi connectivity index (χ3v) is 3.32. The van der Waals surface area contributed by atoms with Crippen molar-refractivity contribution < 1.29 is 4.79 Å². The van der Waals surface area contributed by atoms with Crippen LogP contribution < -0.4 is 0 Å². The summed E-state index contributed by atoms with van der Waals surface area (Å²) in [5, 5.41) is 4.43. The Hall–Kier alpha value is -1.16. The van der Waals surface area contributed by atoms with Gasteiger partial charge in [-0.2, -0.15) is 5.10 Å². The van der Waals surface area contributed by atoms with Gasteiger partial charge in [0.2, 0.25) is 0 Å². The zero-order valence-electron chi connectivity index (χ0n) is 8.94. The van der Waals surface area contributed by atoms with Crippen molar-refractivity contribution in [1.29, 1.82) is 0 Å². The predicted octanol–water partition coefficient (Wildman–Crippen LogP) is 1.02. The Morgan fingerprint density at radius 1 is 1.47 bits per heavy atom. The molecule has 0 bridgehead atoms. The van der Waals surface area contributed by atoms with Gasteiger partial charge in [-0.1, -0.05) is 0 Å². The van der Waals surface area contributed by atoms with Crippen LogP contribution in [-0.2, 0) is 13.0 Å². The minimum absolute atomic E-state index is 0.568. The van der Waals surface area contributed by atoms with Gasteiger partial charge in [-0.05, 0) is 26.3 Å². The highest BCUT2D eigenvalue weighted by Gasteiger charge is 2.31. The summed E-state index contributed by atoms with van der Waals surface area (Å²) in [6, 6.07) is 0.568. The fourth-order valence-electron chi connectivity index (χ4n) is 2.32. The first-order chi connectivity index (χ1) is 7.29. The molecule has 1 fully saturated rings. The van der Waals surface area contributed by atoms with Crippen LogP contribution >= 0.6 is 0 Å². The maximum Gasteiger partial charge on any atom is 0.170 e. The number of carbonyl (C=O) groups excluding carboxylic acids is 1. The first kappa shape index (κ1) is 9.09. The van der Waals surface area contributed by atoms with E-state index < -0.39 is 0 Å². The number of aromatic nitrogens is 2. The average molecular weight is 205 g/mol. The van der Waals surface area contributed by atoms with Crippen molar-refractivity contribution in [2.75, 3.05) is 13.6 Å². The molecule has 4 heteroatoms. The molecule has 1 aromatic rings. The highest BCUT2D eigenvalue weighted by molar-refractivity contribution is 5.75. The van der Waals surface area contributed by atoms with E-state index in [9.17, 15) is 4.79 Å². The summed E-state index contributed by atoms with van der Waals surface area (Å²) in [6.07, 6.45) is 4.31. The number of hydrogen-bond acceptors (Lipinski definition) is 3. The lowest BCUT2D eigenvalue weighted by atomic mass is 10.1. The van der Waals surface area contributed by atoms with E-state index >= 15 is 0 Å². The molecule has 3 rings (SSSR count). The molecular weight excluding hydrogens is 190 g/mol. The van der Waals surface area contributed by atoms with Crippen LogP contribution in [0, 0.1) is 0 Å². The van der Waals surface area contributed by atoms with E-state index in [4.69, 9.17) is 0 Å². The molecule has 0 unspecified atom stereocenters. The van der Waals surface area contributed by atoms with Crippen molar-refractivity contribution in [3.05, 3.63) is 17.0 Å². The number of rotatable bonds is 2. The van der Waals surface area contributed by atoms with E-state index in [1.54, 1.807) is 0 Å². The molecule has 0 saturated heterocycles. The topological polar surface area (TPSA) is 38.1 Å². The largest absolute Gasteiger partial charge is 0.300 e. The number of aldehydes is 1. The zero-order valence-corrected chi connectivity index (χ0v) is 8.94. The summed E-state index contributed by atoms with van der Waals surface area (Å²) in [5.41, 5.74) is 3.13. The Bertz CT molecular complexity index is 406. The molecule has 0 amide bonds. The molecule has 1 aromatic heterocycles. The van der Waals surface area contributed by atoms with Crippen molar-refractivity contribution in [3.63, 3.8) is 0 Å². The van der Waals surface area contributed by atoms with E-state index in [0.717, 1.165) is 25.8 Å². The molecule has 0 N–H and O–H groups in total. The van der Waals surface area contributed by atoms with Crippen molar-refractivity contribution in [2.24, 2.45) is 0 Å². The van der Waals surface area contributed by atoms with Gasteiger partial charge in [0.25, 0.3) is 0 Å². The van der Waals surface area contributed by atoms with Gasteiger partial charge >= 0.3 is 0 Å².